The molecule has 0 saturated carbocycles. The van der Waals surface area contributed by atoms with Gasteiger partial charge in [-0.25, -0.2) is 14.2 Å². The number of rotatable bonds is 7. The summed E-state index contributed by atoms with van der Waals surface area (Å²) in [5.41, 5.74) is 2.24. The van der Waals surface area contributed by atoms with Crippen molar-refractivity contribution in [2.45, 2.75) is 0 Å². The summed E-state index contributed by atoms with van der Waals surface area (Å²) in [5, 5.41) is 6.19. The van der Waals surface area contributed by atoms with Gasteiger partial charge in [0.05, 0.1) is 0 Å². The van der Waals surface area contributed by atoms with Crippen molar-refractivity contribution in [3.8, 4) is 17.0 Å². The lowest BCUT2D eigenvalue weighted by molar-refractivity contribution is 0.199. The summed E-state index contributed by atoms with van der Waals surface area (Å²) in [6, 6.07) is 15.0. The quantitative estimate of drug-likeness (QED) is 0.344. The predicted molar refractivity (Wildman–Crippen MR) is 133 cm³/mol. The smallest absolute Gasteiger partial charge is 0.391 e. The minimum atomic E-state index is -1.04. The second-order valence-electron chi connectivity index (χ2n) is 7.15. The third kappa shape index (κ3) is 5.91. The molecule has 0 fully saturated rings. The third-order valence-electron chi connectivity index (χ3n) is 4.65. The Labute approximate surface area is 205 Å². The maximum Gasteiger partial charge on any atom is 0.413 e. The number of carbonyl (C=O) groups excluding carboxylic acids is 1. The van der Waals surface area contributed by atoms with Crippen molar-refractivity contribution in [1.29, 1.82) is 0 Å². The van der Waals surface area contributed by atoms with Gasteiger partial charge in [0.2, 0.25) is 11.8 Å². The molecule has 2 heterocycles. The summed E-state index contributed by atoms with van der Waals surface area (Å²) in [6.07, 6.45) is 2.44. The van der Waals surface area contributed by atoms with Gasteiger partial charge in [-0.3, -0.25) is 4.21 Å². The van der Waals surface area contributed by atoms with E-state index in [1.165, 1.54) is 12.1 Å². The fourth-order valence-electron chi connectivity index (χ4n) is 3.04. The van der Waals surface area contributed by atoms with E-state index in [2.05, 4.69) is 41.5 Å². The number of carbonyl (C=O) groups is 1. The molecule has 1 atom stereocenters. The number of halogens is 2. The largest absolute Gasteiger partial charge is 0.413 e. The molecular weight excluding hydrogens is 525 g/mol. The zero-order chi connectivity index (χ0) is 24.1. The summed E-state index contributed by atoms with van der Waals surface area (Å²) in [5.74, 6) is 0.265. The van der Waals surface area contributed by atoms with E-state index < -0.39 is 16.9 Å². The van der Waals surface area contributed by atoms with E-state index in [0.29, 0.717) is 28.0 Å². The predicted octanol–water partition coefficient (Wildman–Crippen LogP) is 4.80. The fourth-order valence-corrected chi connectivity index (χ4v) is 3.93. The van der Waals surface area contributed by atoms with Gasteiger partial charge in [-0.2, -0.15) is 9.97 Å². The molecule has 0 bridgehead atoms. The van der Waals surface area contributed by atoms with Gasteiger partial charge in [-0.1, -0.05) is 34.1 Å². The molecule has 0 spiro atoms. The van der Waals surface area contributed by atoms with Crippen LogP contribution < -0.4 is 15.4 Å². The molecule has 174 valence electrons. The Hall–Kier alpha value is -3.44. The van der Waals surface area contributed by atoms with Crippen LogP contribution in [0, 0.1) is 5.82 Å². The first kappa shape index (κ1) is 23.7. The highest BCUT2D eigenvalue weighted by Crippen LogP contribution is 2.36. The number of anilines is 2. The Bertz CT molecular complexity index is 1370. The summed E-state index contributed by atoms with van der Waals surface area (Å²) in [7, 11) is -1.04. The van der Waals surface area contributed by atoms with Crippen LogP contribution in [0.2, 0.25) is 0 Å². The van der Waals surface area contributed by atoms with Crippen LogP contribution in [-0.4, -0.2) is 43.8 Å². The van der Waals surface area contributed by atoms with Crippen LogP contribution in [0.4, 0.5) is 20.8 Å². The number of nitrogens with one attached hydrogen (secondary N) is 2. The van der Waals surface area contributed by atoms with Crippen LogP contribution in [0.25, 0.3) is 22.2 Å². The average molecular weight is 544 g/mol. The highest BCUT2D eigenvalue weighted by Gasteiger charge is 2.17. The number of hydrogen-bond donors (Lipinski definition) is 2. The summed E-state index contributed by atoms with van der Waals surface area (Å²) < 4.78 is 30.7. The number of hydrogen-bond acceptors (Lipinski definition) is 7. The van der Waals surface area contributed by atoms with Crippen LogP contribution in [-0.2, 0) is 10.8 Å². The highest BCUT2D eigenvalue weighted by atomic mass is 79.9. The van der Waals surface area contributed by atoms with Gasteiger partial charge in [0.25, 0.3) is 0 Å². The minimum absolute atomic E-state index is 0.0564. The maximum absolute atomic E-state index is 13.2. The lowest BCUT2D eigenvalue weighted by Gasteiger charge is -2.13. The van der Waals surface area contributed by atoms with Gasteiger partial charge < -0.3 is 15.4 Å². The topological polar surface area (TPSA) is 106 Å². The Morgan fingerprint density at radius 1 is 1.12 bits per heavy atom. The van der Waals surface area contributed by atoms with E-state index in [1.807, 2.05) is 24.3 Å². The van der Waals surface area contributed by atoms with Crippen molar-refractivity contribution in [2.24, 2.45) is 0 Å². The van der Waals surface area contributed by atoms with Crippen LogP contribution in [0.15, 0.2) is 65.3 Å². The van der Waals surface area contributed by atoms with Crippen LogP contribution in [0.3, 0.4) is 0 Å². The fraction of sp³-hybridized carbons (Fsp3) is 0.130. The average Bonchev–Trinajstić information content (AvgIpc) is 2.80. The molecule has 4 rings (SSSR count). The van der Waals surface area contributed by atoms with Gasteiger partial charge in [0.1, 0.15) is 5.82 Å². The number of amides is 1. The molecule has 4 aromatic rings. The minimum Gasteiger partial charge on any atom is -0.391 e. The standard InChI is InChI=1S/C23H19BrFN5O3S/c1-34(32)11-10-26-23(31)33-21-18(17-4-2-3-5-19(17)24)12-14-13-27-22(30-20(14)29-21)28-16-8-6-15(25)7-9-16/h2-9,12-13H,10-11H2,1H3,(H,26,31)(H,27,28,29,30). The van der Waals surface area contributed by atoms with Crippen LogP contribution in [0.1, 0.15) is 0 Å². The highest BCUT2D eigenvalue weighted by molar-refractivity contribution is 9.10. The molecule has 0 aliphatic heterocycles. The number of pyridine rings is 1. The molecule has 0 saturated heterocycles. The Morgan fingerprint density at radius 3 is 2.62 bits per heavy atom. The van der Waals surface area contributed by atoms with Gasteiger partial charge in [-0.15, -0.1) is 0 Å². The lowest BCUT2D eigenvalue weighted by Crippen LogP contribution is -2.30. The molecule has 2 N–H and O–H groups in total. The van der Waals surface area contributed by atoms with Crippen molar-refractivity contribution in [3.63, 3.8) is 0 Å². The van der Waals surface area contributed by atoms with E-state index in [-0.39, 0.29) is 24.2 Å². The van der Waals surface area contributed by atoms with Crippen molar-refractivity contribution in [1.82, 2.24) is 20.3 Å². The van der Waals surface area contributed by atoms with Crippen molar-refractivity contribution in [3.05, 3.63) is 71.1 Å². The molecule has 0 radical (unpaired) electrons. The molecule has 2 aromatic heterocycles. The summed E-state index contributed by atoms with van der Waals surface area (Å²) in [4.78, 5) is 25.6. The van der Waals surface area contributed by atoms with E-state index in [1.54, 1.807) is 30.7 Å². The van der Waals surface area contributed by atoms with E-state index >= 15 is 0 Å². The normalized spacial score (nSPS) is 11.7. The molecule has 11 heteroatoms. The zero-order valence-corrected chi connectivity index (χ0v) is 20.3. The molecule has 0 aliphatic rings. The van der Waals surface area contributed by atoms with Crippen LogP contribution >= 0.6 is 15.9 Å². The Morgan fingerprint density at radius 2 is 1.88 bits per heavy atom. The van der Waals surface area contributed by atoms with Gasteiger partial charge in [-0.05, 0) is 36.4 Å². The number of ether oxygens (including phenoxy) is 1. The molecule has 1 unspecified atom stereocenters. The molecule has 2 aromatic carbocycles. The summed E-state index contributed by atoms with van der Waals surface area (Å²) in [6.45, 7) is 0.202. The summed E-state index contributed by atoms with van der Waals surface area (Å²) >= 11 is 3.52. The lowest BCUT2D eigenvalue weighted by atomic mass is 10.1. The molecule has 8 nitrogen and oxygen atoms in total. The zero-order valence-electron chi connectivity index (χ0n) is 17.9. The molecule has 0 aliphatic carbocycles. The third-order valence-corrected chi connectivity index (χ3v) is 6.12. The molecule has 1 amide bonds. The van der Waals surface area contributed by atoms with E-state index in [9.17, 15) is 13.4 Å². The van der Waals surface area contributed by atoms with Crippen molar-refractivity contribution >= 4 is 55.5 Å². The SMILES string of the molecule is CS(=O)CCNC(=O)Oc1nc2nc(Nc3ccc(F)cc3)ncc2cc1-c1ccccc1Br. The number of nitrogens with zero attached hydrogens (tertiary/aromatic N) is 3. The van der Waals surface area contributed by atoms with Crippen molar-refractivity contribution < 1.29 is 18.1 Å². The van der Waals surface area contributed by atoms with E-state index in [0.717, 1.165) is 10.0 Å². The molecule has 34 heavy (non-hydrogen) atoms. The number of aromatic nitrogens is 3. The first-order valence-corrected chi connectivity index (χ1v) is 12.6. The van der Waals surface area contributed by atoms with Gasteiger partial charge in [0.15, 0.2) is 5.65 Å². The second-order valence-corrected chi connectivity index (χ2v) is 9.56. The van der Waals surface area contributed by atoms with Gasteiger partial charge >= 0.3 is 6.09 Å². The first-order chi connectivity index (χ1) is 16.4. The van der Waals surface area contributed by atoms with E-state index in [4.69, 9.17) is 4.74 Å². The molecular formula is C23H19BrFN5O3S. The monoisotopic (exact) mass is 543 g/mol. The van der Waals surface area contributed by atoms with Gasteiger partial charge in [0, 0.05) is 62.2 Å². The Kier molecular flexibility index (Phi) is 7.43. The Balaban J connectivity index is 1.69. The second kappa shape index (κ2) is 10.7. The van der Waals surface area contributed by atoms with Crippen LogP contribution in [0.5, 0.6) is 5.88 Å². The number of benzene rings is 2. The maximum atomic E-state index is 13.2. The van der Waals surface area contributed by atoms with Crippen molar-refractivity contribution in [2.75, 3.05) is 23.9 Å². The first-order valence-electron chi connectivity index (χ1n) is 10.1. The number of fused-ring (bicyclic) bond motifs is 1.